The van der Waals surface area contributed by atoms with E-state index < -0.39 is 29.7 Å². The van der Waals surface area contributed by atoms with Gasteiger partial charge in [-0.3, -0.25) is 4.79 Å². The van der Waals surface area contributed by atoms with E-state index in [-0.39, 0.29) is 11.5 Å². The number of esters is 1. The topological polar surface area (TPSA) is 55.4 Å². The molecular formula is C15H18F3NO3. The molecule has 0 heterocycles. The SMILES string of the molecule is CC[C@@H](C)[C@@H](NC(=O)c1cccc(C(F)(F)F)c1)C(=O)OC. The van der Waals surface area contributed by atoms with Gasteiger partial charge in [-0.25, -0.2) is 4.79 Å². The summed E-state index contributed by atoms with van der Waals surface area (Å²) in [4.78, 5) is 23.8. The third-order valence-electron chi connectivity index (χ3n) is 3.41. The third-order valence-corrected chi connectivity index (χ3v) is 3.41. The molecule has 0 aliphatic rings. The molecule has 0 radical (unpaired) electrons. The average Bonchev–Trinajstić information content (AvgIpc) is 2.50. The summed E-state index contributed by atoms with van der Waals surface area (Å²) in [5, 5.41) is 2.43. The summed E-state index contributed by atoms with van der Waals surface area (Å²) in [6, 6.07) is 3.13. The number of hydrogen-bond acceptors (Lipinski definition) is 3. The Bertz CT molecular complexity index is 543. The number of carbonyl (C=O) groups is 2. The Kier molecular flexibility index (Phi) is 5.96. The number of hydrogen-bond donors (Lipinski definition) is 1. The number of ether oxygens (including phenoxy) is 1. The molecule has 7 heteroatoms. The van der Waals surface area contributed by atoms with Gasteiger partial charge in [0.25, 0.3) is 5.91 Å². The zero-order valence-electron chi connectivity index (χ0n) is 12.5. The van der Waals surface area contributed by atoms with Crippen molar-refractivity contribution in [1.82, 2.24) is 5.32 Å². The number of halogens is 3. The molecular weight excluding hydrogens is 299 g/mol. The van der Waals surface area contributed by atoms with Crippen LogP contribution in [0.3, 0.4) is 0 Å². The Morgan fingerprint density at radius 2 is 1.95 bits per heavy atom. The van der Waals surface area contributed by atoms with Gasteiger partial charge in [0.05, 0.1) is 12.7 Å². The van der Waals surface area contributed by atoms with E-state index in [2.05, 4.69) is 10.1 Å². The molecule has 0 aliphatic carbocycles. The Morgan fingerprint density at radius 1 is 1.32 bits per heavy atom. The zero-order valence-corrected chi connectivity index (χ0v) is 12.5. The largest absolute Gasteiger partial charge is 0.467 e. The number of rotatable bonds is 5. The van der Waals surface area contributed by atoms with E-state index in [9.17, 15) is 22.8 Å². The van der Waals surface area contributed by atoms with Gasteiger partial charge < -0.3 is 10.1 Å². The molecule has 1 aromatic rings. The number of alkyl halides is 3. The van der Waals surface area contributed by atoms with E-state index in [0.717, 1.165) is 18.2 Å². The van der Waals surface area contributed by atoms with Gasteiger partial charge in [-0.15, -0.1) is 0 Å². The van der Waals surface area contributed by atoms with Crippen LogP contribution in [-0.4, -0.2) is 25.0 Å². The van der Waals surface area contributed by atoms with Gasteiger partial charge in [0, 0.05) is 5.56 Å². The fraction of sp³-hybridized carbons (Fsp3) is 0.467. The fourth-order valence-electron chi connectivity index (χ4n) is 1.86. The molecule has 0 aromatic heterocycles. The molecule has 0 bridgehead atoms. The summed E-state index contributed by atoms with van der Waals surface area (Å²) >= 11 is 0. The molecule has 22 heavy (non-hydrogen) atoms. The maximum Gasteiger partial charge on any atom is 0.416 e. The van der Waals surface area contributed by atoms with Gasteiger partial charge in [0.15, 0.2) is 0 Å². The van der Waals surface area contributed by atoms with E-state index in [4.69, 9.17) is 0 Å². The van der Waals surface area contributed by atoms with Crippen molar-refractivity contribution in [2.75, 3.05) is 7.11 Å². The van der Waals surface area contributed by atoms with E-state index in [1.165, 1.54) is 13.2 Å². The minimum absolute atomic E-state index is 0.160. The second kappa shape index (κ2) is 7.29. The van der Waals surface area contributed by atoms with Gasteiger partial charge in [-0.1, -0.05) is 26.3 Å². The number of methoxy groups -OCH3 is 1. The predicted molar refractivity (Wildman–Crippen MR) is 74.2 cm³/mol. The third kappa shape index (κ3) is 4.47. The summed E-state index contributed by atoms with van der Waals surface area (Å²) in [6.45, 7) is 3.57. The number of carbonyl (C=O) groups excluding carboxylic acids is 2. The van der Waals surface area contributed by atoms with Crippen LogP contribution in [0.15, 0.2) is 24.3 Å². The van der Waals surface area contributed by atoms with Crippen molar-refractivity contribution in [2.24, 2.45) is 5.92 Å². The standard InChI is InChI=1S/C15H18F3NO3/c1-4-9(2)12(14(21)22-3)19-13(20)10-6-5-7-11(8-10)15(16,17)18/h5-9,12H,4H2,1-3H3,(H,19,20)/t9-,12-/m1/s1. The van der Waals surface area contributed by atoms with Crippen LogP contribution >= 0.6 is 0 Å². The van der Waals surface area contributed by atoms with Crippen LogP contribution in [0.2, 0.25) is 0 Å². The molecule has 1 aromatic carbocycles. The van der Waals surface area contributed by atoms with Crippen LogP contribution in [0.1, 0.15) is 36.2 Å². The highest BCUT2D eigenvalue weighted by atomic mass is 19.4. The smallest absolute Gasteiger partial charge is 0.416 e. The van der Waals surface area contributed by atoms with Crippen LogP contribution in [0, 0.1) is 5.92 Å². The summed E-state index contributed by atoms with van der Waals surface area (Å²) in [7, 11) is 1.19. The summed E-state index contributed by atoms with van der Waals surface area (Å²) < 4.78 is 42.6. The quantitative estimate of drug-likeness (QED) is 0.849. The first kappa shape index (κ1) is 18.0. The maximum atomic E-state index is 12.7. The van der Waals surface area contributed by atoms with E-state index in [1.54, 1.807) is 6.92 Å². The lowest BCUT2D eigenvalue weighted by molar-refractivity contribution is -0.144. The minimum atomic E-state index is -4.53. The fourth-order valence-corrected chi connectivity index (χ4v) is 1.86. The van der Waals surface area contributed by atoms with Crippen LogP contribution in [0.5, 0.6) is 0 Å². The molecule has 0 fully saturated rings. The van der Waals surface area contributed by atoms with E-state index in [1.807, 2.05) is 6.92 Å². The highest BCUT2D eigenvalue weighted by molar-refractivity contribution is 5.97. The maximum absolute atomic E-state index is 12.7. The molecule has 1 rings (SSSR count). The van der Waals surface area contributed by atoms with Gasteiger partial charge in [0.1, 0.15) is 6.04 Å². The molecule has 0 unspecified atom stereocenters. The Labute approximate surface area is 126 Å². The summed E-state index contributed by atoms with van der Waals surface area (Å²) in [5.41, 5.74) is -1.08. The van der Waals surface area contributed by atoms with Crippen molar-refractivity contribution in [2.45, 2.75) is 32.5 Å². The Morgan fingerprint density at radius 3 is 2.45 bits per heavy atom. The van der Waals surface area contributed by atoms with Gasteiger partial charge in [-0.05, 0) is 24.1 Å². The van der Waals surface area contributed by atoms with Crippen molar-refractivity contribution in [1.29, 1.82) is 0 Å². The summed E-state index contributed by atoms with van der Waals surface area (Å²) in [6.07, 6.45) is -3.93. The molecule has 1 N–H and O–H groups in total. The van der Waals surface area contributed by atoms with Crippen molar-refractivity contribution < 1.29 is 27.5 Å². The second-order valence-electron chi connectivity index (χ2n) is 4.94. The highest BCUT2D eigenvalue weighted by Crippen LogP contribution is 2.29. The number of benzene rings is 1. The number of nitrogens with one attached hydrogen (secondary N) is 1. The van der Waals surface area contributed by atoms with Crippen molar-refractivity contribution in [3.05, 3.63) is 35.4 Å². The van der Waals surface area contributed by atoms with Crippen LogP contribution in [0.25, 0.3) is 0 Å². The second-order valence-corrected chi connectivity index (χ2v) is 4.94. The highest BCUT2D eigenvalue weighted by Gasteiger charge is 2.32. The molecule has 0 spiro atoms. The van der Waals surface area contributed by atoms with Crippen LogP contribution in [-0.2, 0) is 15.7 Å². The lowest BCUT2D eigenvalue weighted by Gasteiger charge is -2.22. The van der Waals surface area contributed by atoms with Crippen LogP contribution in [0.4, 0.5) is 13.2 Å². The lowest BCUT2D eigenvalue weighted by Crippen LogP contribution is -2.45. The first-order chi connectivity index (χ1) is 10.2. The van der Waals surface area contributed by atoms with E-state index >= 15 is 0 Å². The lowest BCUT2D eigenvalue weighted by atomic mass is 9.98. The van der Waals surface area contributed by atoms with Crippen molar-refractivity contribution >= 4 is 11.9 Å². The minimum Gasteiger partial charge on any atom is -0.467 e. The van der Waals surface area contributed by atoms with Crippen LogP contribution < -0.4 is 5.32 Å². The molecule has 0 saturated heterocycles. The van der Waals surface area contributed by atoms with E-state index in [0.29, 0.717) is 6.42 Å². The normalized spacial score (nSPS) is 14.1. The molecule has 0 aliphatic heterocycles. The Balaban J connectivity index is 2.98. The monoisotopic (exact) mass is 317 g/mol. The molecule has 4 nitrogen and oxygen atoms in total. The van der Waals surface area contributed by atoms with Gasteiger partial charge >= 0.3 is 12.1 Å². The average molecular weight is 317 g/mol. The predicted octanol–water partition coefficient (Wildman–Crippen LogP) is 3.02. The first-order valence-corrected chi connectivity index (χ1v) is 6.76. The van der Waals surface area contributed by atoms with Gasteiger partial charge in [-0.2, -0.15) is 13.2 Å². The first-order valence-electron chi connectivity index (χ1n) is 6.76. The number of amides is 1. The van der Waals surface area contributed by atoms with Gasteiger partial charge in [0.2, 0.25) is 0 Å². The molecule has 0 saturated carbocycles. The molecule has 1 amide bonds. The zero-order chi connectivity index (χ0) is 16.9. The summed E-state index contributed by atoms with van der Waals surface area (Å²) in [5.74, 6) is -1.58. The molecule has 2 atom stereocenters. The molecule has 122 valence electrons. The Hall–Kier alpha value is -2.05. The van der Waals surface area contributed by atoms with Crippen molar-refractivity contribution in [3.63, 3.8) is 0 Å². The van der Waals surface area contributed by atoms with Crippen molar-refractivity contribution in [3.8, 4) is 0 Å².